The first-order valence-corrected chi connectivity index (χ1v) is 11.0. The summed E-state index contributed by atoms with van der Waals surface area (Å²) in [7, 11) is 0. The molecule has 0 saturated carbocycles. The van der Waals surface area contributed by atoms with Crippen molar-refractivity contribution in [2.75, 3.05) is 24.5 Å². The fraction of sp³-hybridized carbons (Fsp3) is 0.435. The second kappa shape index (κ2) is 8.42. The van der Waals surface area contributed by atoms with Crippen molar-refractivity contribution in [3.05, 3.63) is 71.0 Å². The maximum Gasteiger partial charge on any atom is 0.417 e. The fourth-order valence-corrected chi connectivity index (χ4v) is 4.60. The highest BCUT2D eigenvalue weighted by molar-refractivity contribution is 5.40. The van der Waals surface area contributed by atoms with Crippen LogP contribution >= 0.6 is 0 Å². The molecular formula is C23H24F3N5O2. The van der Waals surface area contributed by atoms with Gasteiger partial charge in [-0.25, -0.2) is 4.98 Å². The molecule has 2 aliphatic heterocycles. The number of alkyl halides is 3. The number of fused-ring (bicyclic) bond motifs is 1. The number of aliphatic hydroxyl groups is 1. The molecule has 3 aromatic rings. The lowest BCUT2D eigenvalue weighted by atomic mass is 9.91. The van der Waals surface area contributed by atoms with Crippen LogP contribution in [0.1, 0.15) is 41.2 Å². The maximum atomic E-state index is 12.7. The van der Waals surface area contributed by atoms with Crippen molar-refractivity contribution in [2.24, 2.45) is 5.92 Å². The van der Waals surface area contributed by atoms with Gasteiger partial charge in [0.2, 0.25) is 5.72 Å². The molecule has 4 heterocycles. The maximum absolute atomic E-state index is 12.7. The molecule has 0 aliphatic carbocycles. The number of anilines is 1. The van der Waals surface area contributed by atoms with E-state index < -0.39 is 17.5 Å². The van der Waals surface area contributed by atoms with Gasteiger partial charge >= 0.3 is 6.18 Å². The summed E-state index contributed by atoms with van der Waals surface area (Å²) in [6, 6.07) is 10.1. The van der Waals surface area contributed by atoms with Crippen LogP contribution < -0.4 is 10.2 Å². The van der Waals surface area contributed by atoms with E-state index in [1.807, 2.05) is 29.2 Å². The Morgan fingerprint density at radius 1 is 1.15 bits per heavy atom. The highest BCUT2D eigenvalue weighted by atomic mass is 19.4. The van der Waals surface area contributed by atoms with Gasteiger partial charge in [-0.1, -0.05) is 29.4 Å². The topological polar surface area (TPSA) is 87.3 Å². The summed E-state index contributed by atoms with van der Waals surface area (Å²) in [6.07, 6.45) is -0.425. The average Bonchev–Trinajstić information content (AvgIpc) is 3.29. The van der Waals surface area contributed by atoms with Crippen molar-refractivity contribution in [2.45, 2.75) is 37.6 Å². The van der Waals surface area contributed by atoms with Gasteiger partial charge in [0.25, 0.3) is 5.89 Å². The fourth-order valence-electron chi connectivity index (χ4n) is 4.60. The number of hydrogen-bond acceptors (Lipinski definition) is 7. The van der Waals surface area contributed by atoms with Gasteiger partial charge in [0.1, 0.15) is 5.82 Å². The Balaban J connectivity index is 1.21. The zero-order chi connectivity index (χ0) is 23.1. The molecule has 2 aromatic heterocycles. The Bertz CT molecular complexity index is 1110. The summed E-state index contributed by atoms with van der Waals surface area (Å²) >= 11 is 0. The zero-order valence-corrected chi connectivity index (χ0v) is 17.8. The number of nitrogens with one attached hydrogen (secondary N) is 1. The molecule has 0 amide bonds. The molecule has 1 saturated heterocycles. The Kier molecular flexibility index (Phi) is 5.57. The van der Waals surface area contributed by atoms with E-state index in [2.05, 4.69) is 20.4 Å². The highest BCUT2D eigenvalue weighted by Gasteiger charge is 2.41. The second-order valence-electron chi connectivity index (χ2n) is 8.60. The lowest BCUT2D eigenvalue weighted by Gasteiger charge is -2.32. The molecule has 33 heavy (non-hydrogen) atoms. The molecule has 1 atom stereocenters. The van der Waals surface area contributed by atoms with Crippen LogP contribution in [-0.4, -0.2) is 39.9 Å². The summed E-state index contributed by atoms with van der Waals surface area (Å²) in [4.78, 5) is 10.5. The lowest BCUT2D eigenvalue weighted by Crippen LogP contribution is -2.48. The summed E-state index contributed by atoms with van der Waals surface area (Å²) in [5, 5.41) is 18.4. The van der Waals surface area contributed by atoms with Crippen molar-refractivity contribution in [1.82, 2.24) is 20.4 Å². The Hall–Kier alpha value is -2.98. The minimum absolute atomic E-state index is 0.135. The van der Waals surface area contributed by atoms with Crippen LogP contribution in [0.4, 0.5) is 19.0 Å². The van der Waals surface area contributed by atoms with Crippen LogP contribution in [0.2, 0.25) is 0 Å². The largest absolute Gasteiger partial charge is 0.417 e. The molecule has 1 unspecified atom stereocenters. The van der Waals surface area contributed by atoms with Crippen molar-refractivity contribution >= 4 is 5.82 Å². The van der Waals surface area contributed by atoms with Gasteiger partial charge in [-0.2, -0.15) is 18.2 Å². The molecule has 0 spiro atoms. The summed E-state index contributed by atoms with van der Waals surface area (Å²) in [5.41, 5.74) is -0.477. The van der Waals surface area contributed by atoms with E-state index in [9.17, 15) is 18.3 Å². The number of rotatable bonds is 4. The minimum atomic E-state index is -4.38. The van der Waals surface area contributed by atoms with Crippen molar-refractivity contribution in [3.63, 3.8) is 0 Å². The molecular weight excluding hydrogens is 435 g/mol. The Morgan fingerprint density at radius 3 is 2.67 bits per heavy atom. The van der Waals surface area contributed by atoms with Gasteiger partial charge in [0.15, 0.2) is 5.82 Å². The number of aromatic nitrogens is 3. The van der Waals surface area contributed by atoms with E-state index in [0.717, 1.165) is 42.7 Å². The normalized spacial score (nSPS) is 21.8. The lowest BCUT2D eigenvalue weighted by molar-refractivity contribution is -0.137. The molecule has 2 N–H and O–H groups in total. The van der Waals surface area contributed by atoms with E-state index >= 15 is 0 Å². The molecule has 2 aliphatic rings. The average molecular weight is 459 g/mol. The van der Waals surface area contributed by atoms with Crippen LogP contribution in [0.5, 0.6) is 0 Å². The highest BCUT2D eigenvalue weighted by Crippen LogP contribution is 2.33. The van der Waals surface area contributed by atoms with Gasteiger partial charge in [0, 0.05) is 37.8 Å². The summed E-state index contributed by atoms with van der Waals surface area (Å²) in [6.45, 7) is 1.97. The molecule has 10 heteroatoms. The van der Waals surface area contributed by atoms with E-state index in [1.54, 1.807) is 0 Å². The van der Waals surface area contributed by atoms with E-state index in [1.165, 1.54) is 6.07 Å². The van der Waals surface area contributed by atoms with Crippen LogP contribution in [0.25, 0.3) is 0 Å². The van der Waals surface area contributed by atoms with Gasteiger partial charge in [-0.05, 0) is 42.9 Å². The van der Waals surface area contributed by atoms with E-state index in [4.69, 9.17) is 4.52 Å². The number of piperidine rings is 1. The van der Waals surface area contributed by atoms with Crippen LogP contribution in [-0.2, 0) is 24.7 Å². The molecule has 0 radical (unpaired) electrons. The first kappa shape index (κ1) is 21.8. The number of pyridine rings is 1. The smallest absolute Gasteiger partial charge is 0.364 e. The Morgan fingerprint density at radius 2 is 1.94 bits per heavy atom. The van der Waals surface area contributed by atoms with E-state index in [0.29, 0.717) is 43.6 Å². The first-order chi connectivity index (χ1) is 15.8. The minimum Gasteiger partial charge on any atom is -0.364 e. The van der Waals surface area contributed by atoms with Crippen LogP contribution in [0, 0.1) is 5.92 Å². The molecule has 1 fully saturated rings. The van der Waals surface area contributed by atoms with Crippen molar-refractivity contribution < 1.29 is 22.8 Å². The van der Waals surface area contributed by atoms with Crippen LogP contribution in [0.3, 0.4) is 0 Å². The third kappa shape index (κ3) is 4.32. The second-order valence-corrected chi connectivity index (χ2v) is 8.60. The molecule has 5 rings (SSSR count). The number of hydrogen-bond donors (Lipinski definition) is 2. The third-order valence-electron chi connectivity index (χ3n) is 6.44. The third-order valence-corrected chi connectivity index (χ3v) is 6.44. The predicted octanol–water partition coefficient (Wildman–Crippen LogP) is 3.28. The zero-order valence-electron chi connectivity index (χ0n) is 17.8. The number of nitrogens with zero attached hydrogens (tertiary/aromatic N) is 4. The summed E-state index contributed by atoms with van der Waals surface area (Å²) in [5.74, 6) is 1.53. The summed E-state index contributed by atoms with van der Waals surface area (Å²) < 4.78 is 43.7. The van der Waals surface area contributed by atoms with E-state index in [-0.39, 0.29) is 5.89 Å². The standard InChI is InChI=1S/C23H24F3N5O2/c24-23(25,26)17-5-6-20(27-14-17)31-11-8-15(9-12-31)13-19-29-21(33-30-19)22(32)18-4-2-1-3-16(18)7-10-28-22/h1-6,14-15,28,32H,7-13H2. The van der Waals surface area contributed by atoms with Gasteiger partial charge < -0.3 is 14.5 Å². The van der Waals surface area contributed by atoms with Gasteiger partial charge in [-0.3, -0.25) is 5.32 Å². The molecule has 0 bridgehead atoms. The monoisotopic (exact) mass is 459 g/mol. The number of benzene rings is 1. The van der Waals surface area contributed by atoms with Crippen molar-refractivity contribution in [1.29, 1.82) is 0 Å². The number of halogens is 3. The molecule has 1 aromatic carbocycles. The quantitative estimate of drug-likeness (QED) is 0.619. The molecule has 174 valence electrons. The van der Waals surface area contributed by atoms with Gasteiger partial charge in [-0.15, -0.1) is 0 Å². The molecule has 7 nitrogen and oxygen atoms in total. The van der Waals surface area contributed by atoms with Crippen LogP contribution in [0.15, 0.2) is 47.1 Å². The SMILES string of the molecule is OC1(c2nc(CC3CCN(c4ccc(C(F)(F)F)cn4)CC3)no2)NCCc2ccccc21. The van der Waals surface area contributed by atoms with Crippen molar-refractivity contribution in [3.8, 4) is 0 Å². The predicted molar refractivity (Wildman–Crippen MR) is 113 cm³/mol. The van der Waals surface area contributed by atoms with Gasteiger partial charge in [0.05, 0.1) is 5.56 Å². The first-order valence-electron chi connectivity index (χ1n) is 11.0. The Labute approximate surface area is 188 Å².